The molecular weight excluding hydrogens is 364 g/mol. The summed E-state index contributed by atoms with van der Waals surface area (Å²) in [6, 6.07) is 22.1. The number of rotatable bonds is 4. The van der Waals surface area contributed by atoms with Crippen LogP contribution in [0.3, 0.4) is 0 Å². The molecule has 5 rings (SSSR count). The molecule has 130 valence electrons. The molecule has 2 aromatic carbocycles. The summed E-state index contributed by atoms with van der Waals surface area (Å²) in [4.78, 5) is 2.59. The predicted octanol–water partition coefficient (Wildman–Crippen LogP) is 7.72. The van der Waals surface area contributed by atoms with E-state index in [0.717, 1.165) is 6.42 Å². The summed E-state index contributed by atoms with van der Waals surface area (Å²) < 4.78 is 0. The summed E-state index contributed by atoms with van der Waals surface area (Å²) >= 11 is 3.54. The van der Waals surface area contributed by atoms with Crippen LogP contribution >= 0.6 is 22.7 Å². The van der Waals surface area contributed by atoms with Gasteiger partial charge in [-0.2, -0.15) is 0 Å². The van der Waals surface area contributed by atoms with Gasteiger partial charge in [-0.3, -0.25) is 0 Å². The van der Waals surface area contributed by atoms with Crippen LogP contribution in [-0.4, -0.2) is 0 Å². The fraction of sp³-hybridized carbons (Fsp3) is 0.0400. The lowest BCUT2D eigenvalue weighted by molar-refractivity contribution is 1.26. The molecule has 0 aliphatic heterocycles. The van der Waals surface area contributed by atoms with Crippen LogP contribution in [0.1, 0.15) is 32.0 Å². The van der Waals surface area contributed by atoms with E-state index in [1.54, 1.807) is 22.7 Å². The van der Waals surface area contributed by atoms with Crippen molar-refractivity contribution in [3.05, 3.63) is 103 Å². The molecule has 0 saturated heterocycles. The molecule has 1 aliphatic rings. The van der Waals surface area contributed by atoms with Crippen molar-refractivity contribution in [2.45, 2.75) is 6.42 Å². The fourth-order valence-electron chi connectivity index (χ4n) is 3.59. The lowest BCUT2D eigenvalue weighted by atomic mass is 10.0. The molecule has 0 radical (unpaired) electrons. The highest BCUT2D eigenvalue weighted by molar-refractivity contribution is 7.11. The molecule has 27 heavy (non-hydrogen) atoms. The Balaban J connectivity index is 1.40. The van der Waals surface area contributed by atoms with Gasteiger partial charge in [-0.05, 0) is 74.8 Å². The Labute approximate surface area is 167 Å². The van der Waals surface area contributed by atoms with E-state index in [9.17, 15) is 0 Å². The van der Waals surface area contributed by atoms with Crippen molar-refractivity contribution < 1.29 is 0 Å². The third-order valence-corrected chi connectivity index (χ3v) is 6.57. The lowest BCUT2D eigenvalue weighted by Gasteiger charge is -2.03. The van der Waals surface area contributed by atoms with Crippen molar-refractivity contribution in [2.24, 2.45) is 0 Å². The Morgan fingerprint density at radius 2 is 1.11 bits per heavy atom. The zero-order valence-electron chi connectivity index (χ0n) is 14.8. The number of fused-ring (bicyclic) bond motifs is 3. The topological polar surface area (TPSA) is 0 Å². The molecule has 0 amide bonds. The van der Waals surface area contributed by atoms with E-state index >= 15 is 0 Å². The van der Waals surface area contributed by atoms with Gasteiger partial charge in [0.25, 0.3) is 0 Å². The summed E-state index contributed by atoms with van der Waals surface area (Å²) in [5.41, 5.74) is 8.16. The minimum atomic E-state index is 1.02. The van der Waals surface area contributed by atoms with Crippen LogP contribution in [0.25, 0.3) is 35.4 Å². The average molecular weight is 383 g/mol. The SMILES string of the molecule is C(=Cc1cccs1)c1ccc2c(c1)Cc1cc(C=Cc3cccs3)ccc1-2. The number of benzene rings is 2. The smallest absolute Gasteiger partial charge is 0.0270 e. The fourth-order valence-corrected chi connectivity index (χ4v) is 4.82. The second-order valence-corrected chi connectivity index (χ2v) is 8.67. The van der Waals surface area contributed by atoms with Crippen LogP contribution in [-0.2, 0) is 6.42 Å². The molecule has 1 aliphatic carbocycles. The van der Waals surface area contributed by atoms with E-state index in [1.807, 2.05) is 0 Å². The van der Waals surface area contributed by atoms with Crippen LogP contribution in [0.4, 0.5) is 0 Å². The van der Waals surface area contributed by atoms with Gasteiger partial charge in [0.05, 0.1) is 0 Å². The Kier molecular flexibility index (Phi) is 4.36. The zero-order valence-corrected chi connectivity index (χ0v) is 16.4. The van der Waals surface area contributed by atoms with Gasteiger partial charge in [-0.15, -0.1) is 22.7 Å². The van der Waals surface area contributed by atoms with Gasteiger partial charge in [0.2, 0.25) is 0 Å². The second-order valence-electron chi connectivity index (χ2n) is 6.71. The van der Waals surface area contributed by atoms with Gasteiger partial charge in [0.15, 0.2) is 0 Å². The van der Waals surface area contributed by atoms with Gasteiger partial charge in [0, 0.05) is 9.75 Å². The van der Waals surface area contributed by atoms with E-state index in [1.165, 1.54) is 43.1 Å². The van der Waals surface area contributed by atoms with Gasteiger partial charge in [-0.1, -0.05) is 60.7 Å². The standard InChI is InChI=1S/C25H18S2/c1-3-22(26-13-1)9-5-18-7-11-24-20(15-18)17-21-16-19(8-12-25(21)24)6-10-23-4-2-14-27-23/h1-16H,17H2. The highest BCUT2D eigenvalue weighted by Crippen LogP contribution is 2.38. The van der Waals surface area contributed by atoms with E-state index in [2.05, 4.69) is 95.7 Å². The van der Waals surface area contributed by atoms with Crippen LogP contribution < -0.4 is 0 Å². The van der Waals surface area contributed by atoms with E-state index in [-0.39, 0.29) is 0 Å². The summed E-state index contributed by atoms with van der Waals surface area (Å²) in [6.07, 6.45) is 9.84. The largest absolute Gasteiger partial charge is 0.144 e. The van der Waals surface area contributed by atoms with Crippen LogP contribution in [0.2, 0.25) is 0 Å². The number of hydrogen-bond acceptors (Lipinski definition) is 2. The van der Waals surface area contributed by atoms with E-state index < -0.39 is 0 Å². The third-order valence-electron chi connectivity index (χ3n) is 4.90. The number of thiophene rings is 2. The maximum atomic E-state index is 2.33. The molecule has 2 heteroatoms. The molecule has 0 unspecified atom stereocenters. The average Bonchev–Trinajstić information content (AvgIpc) is 3.44. The van der Waals surface area contributed by atoms with Crippen molar-refractivity contribution in [1.29, 1.82) is 0 Å². The third kappa shape index (κ3) is 3.46. The molecular formula is C25H18S2. The maximum absolute atomic E-state index is 2.33. The van der Waals surface area contributed by atoms with E-state index in [4.69, 9.17) is 0 Å². The molecule has 0 bridgehead atoms. The summed E-state index contributed by atoms with van der Waals surface area (Å²) in [5.74, 6) is 0. The summed E-state index contributed by atoms with van der Waals surface area (Å²) in [5, 5.41) is 4.23. The Morgan fingerprint density at radius 1 is 0.593 bits per heavy atom. The minimum absolute atomic E-state index is 1.02. The van der Waals surface area contributed by atoms with Gasteiger partial charge in [-0.25, -0.2) is 0 Å². The molecule has 0 saturated carbocycles. The van der Waals surface area contributed by atoms with Crippen molar-refractivity contribution in [1.82, 2.24) is 0 Å². The highest BCUT2D eigenvalue weighted by Gasteiger charge is 2.18. The first-order valence-electron chi connectivity index (χ1n) is 9.04. The molecule has 2 aromatic heterocycles. The quantitative estimate of drug-likeness (QED) is 0.298. The Morgan fingerprint density at radius 3 is 1.56 bits per heavy atom. The molecule has 0 N–H and O–H groups in total. The van der Waals surface area contributed by atoms with Gasteiger partial charge < -0.3 is 0 Å². The van der Waals surface area contributed by atoms with E-state index in [0.29, 0.717) is 0 Å². The first-order valence-corrected chi connectivity index (χ1v) is 10.8. The highest BCUT2D eigenvalue weighted by atomic mass is 32.1. The van der Waals surface area contributed by atoms with Gasteiger partial charge >= 0.3 is 0 Å². The maximum Gasteiger partial charge on any atom is 0.0270 e. The molecule has 0 spiro atoms. The van der Waals surface area contributed by atoms with Gasteiger partial charge in [0.1, 0.15) is 0 Å². The molecule has 2 heterocycles. The first-order chi connectivity index (χ1) is 13.3. The van der Waals surface area contributed by atoms with Crippen LogP contribution in [0.5, 0.6) is 0 Å². The van der Waals surface area contributed by atoms with Crippen molar-refractivity contribution in [3.8, 4) is 11.1 Å². The molecule has 0 fully saturated rings. The van der Waals surface area contributed by atoms with Crippen LogP contribution in [0, 0.1) is 0 Å². The molecule has 4 aromatic rings. The van der Waals surface area contributed by atoms with Crippen molar-refractivity contribution in [3.63, 3.8) is 0 Å². The van der Waals surface area contributed by atoms with Crippen molar-refractivity contribution >= 4 is 47.0 Å². The van der Waals surface area contributed by atoms with Crippen LogP contribution in [0.15, 0.2) is 71.4 Å². The zero-order chi connectivity index (χ0) is 18.1. The second kappa shape index (κ2) is 7.15. The molecule has 0 nitrogen and oxygen atoms in total. The Bertz CT molecular complexity index is 1040. The van der Waals surface area contributed by atoms with Crippen molar-refractivity contribution in [2.75, 3.05) is 0 Å². The number of hydrogen-bond donors (Lipinski definition) is 0. The minimum Gasteiger partial charge on any atom is -0.144 e. The molecule has 0 atom stereocenters. The normalized spacial score (nSPS) is 12.7. The monoisotopic (exact) mass is 382 g/mol. The predicted molar refractivity (Wildman–Crippen MR) is 121 cm³/mol. The Hall–Kier alpha value is -2.68. The lowest BCUT2D eigenvalue weighted by Crippen LogP contribution is -1.82. The summed E-state index contributed by atoms with van der Waals surface area (Å²) in [7, 11) is 0. The summed E-state index contributed by atoms with van der Waals surface area (Å²) in [6.45, 7) is 0. The first kappa shape index (κ1) is 16.5.